The number of nitrogens with one attached hydrogen (secondary N) is 1. The Hall–Kier alpha value is -4.22. The van der Waals surface area contributed by atoms with Crippen molar-refractivity contribution in [3.63, 3.8) is 0 Å². The van der Waals surface area contributed by atoms with E-state index in [0.717, 1.165) is 0 Å². The molecule has 1 aliphatic heterocycles. The van der Waals surface area contributed by atoms with Gasteiger partial charge in [0.2, 0.25) is 0 Å². The van der Waals surface area contributed by atoms with Crippen LogP contribution in [0.1, 0.15) is 36.8 Å². The first-order valence-electron chi connectivity index (χ1n) is 11.9. The lowest BCUT2D eigenvalue weighted by Gasteiger charge is -2.29. The predicted molar refractivity (Wildman–Crippen MR) is 129 cm³/mol. The molecule has 0 unspecified atom stereocenters. The van der Waals surface area contributed by atoms with Crippen molar-refractivity contribution in [2.45, 2.75) is 45.4 Å². The molecule has 1 amide bonds. The van der Waals surface area contributed by atoms with Gasteiger partial charge in [0.05, 0.1) is 13.0 Å². The molecule has 2 N–H and O–H groups in total. The minimum Gasteiger partial charge on any atom is -0.503 e. The molecule has 0 aliphatic carbocycles. The van der Waals surface area contributed by atoms with Crippen LogP contribution in [0.5, 0.6) is 11.5 Å². The minimum absolute atomic E-state index is 0.00429. The number of amides is 1. The van der Waals surface area contributed by atoms with Gasteiger partial charge in [-0.1, -0.05) is 26.0 Å². The van der Waals surface area contributed by atoms with Crippen LogP contribution in [0.4, 0.5) is 4.39 Å². The SMILES string of the molecule is COc1ccnc(C(=O)N[C@H]2COC(=O)[C@H](Cc3ccc(F)cc3)[C@@H](OC(=O)C(C)C)[C@H](C)OC2=O)c1O. The van der Waals surface area contributed by atoms with Crippen molar-refractivity contribution < 1.29 is 47.6 Å². The van der Waals surface area contributed by atoms with Crippen LogP contribution in [-0.2, 0) is 35.0 Å². The van der Waals surface area contributed by atoms with Gasteiger partial charge in [0.1, 0.15) is 24.4 Å². The van der Waals surface area contributed by atoms with Gasteiger partial charge in [0.15, 0.2) is 29.3 Å². The molecule has 1 aromatic heterocycles. The number of carbonyl (C=O) groups excluding carboxylic acids is 4. The van der Waals surface area contributed by atoms with Crippen molar-refractivity contribution in [3.05, 3.63) is 53.6 Å². The molecule has 1 fully saturated rings. The Morgan fingerprint density at radius 2 is 1.87 bits per heavy atom. The highest BCUT2D eigenvalue weighted by Crippen LogP contribution is 2.28. The summed E-state index contributed by atoms with van der Waals surface area (Å²) in [5.74, 6) is -6.03. The summed E-state index contributed by atoms with van der Waals surface area (Å²) in [6.07, 6.45) is -1.13. The van der Waals surface area contributed by atoms with E-state index in [9.17, 15) is 28.7 Å². The van der Waals surface area contributed by atoms with Gasteiger partial charge < -0.3 is 29.4 Å². The lowest BCUT2D eigenvalue weighted by atomic mass is 9.91. The van der Waals surface area contributed by atoms with Crippen molar-refractivity contribution in [1.29, 1.82) is 0 Å². The number of aromatic nitrogens is 1. The third-order valence-corrected chi connectivity index (χ3v) is 5.86. The number of halogens is 1. The Balaban J connectivity index is 1.88. The molecule has 204 valence electrons. The quantitative estimate of drug-likeness (QED) is 0.400. The molecule has 11 nitrogen and oxygen atoms in total. The number of esters is 3. The fraction of sp³-hybridized carbons (Fsp3) is 0.423. The van der Waals surface area contributed by atoms with Gasteiger partial charge in [-0.05, 0) is 31.0 Å². The number of hydrogen-bond donors (Lipinski definition) is 2. The van der Waals surface area contributed by atoms with Gasteiger partial charge in [0, 0.05) is 12.3 Å². The monoisotopic (exact) mass is 532 g/mol. The van der Waals surface area contributed by atoms with Crippen LogP contribution in [0, 0.1) is 17.7 Å². The Morgan fingerprint density at radius 3 is 2.50 bits per heavy atom. The molecule has 0 saturated carbocycles. The molecule has 1 aromatic carbocycles. The van der Waals surface area contributed by atoms with Crippen molar-refractivity contribution >= 4 is 23.8 Å². The lowest BCUT2D eigenvalue weighted by molar-refractivity contribution is -0.176. The third-order valence-electron chi connectivity index (χ3n) is 5.86. The number of rotatable bonds is 7. The molecule has 2 aromatic rings. The van der Waals surface area contributed by atoms with Crippen LogP contribution in [0.15, 0.2) is 36.5 Å². The third kappa shape index (κ3) is 6.75. The molecular formula is C26H29FN2O9. The number of benzene rings is 1. The van der Waals surface area contributed by atoms with Crippen LogP contribution in [-0.4, -0.2) is 65.9 Å². The van der Waals surface area contributed by atoms with Crippen LogP contribution in [0.3, 0.4) is 0 Å². The predicted octanol–water partition coefficient (Wildman–Crippen LogP) is 1.95. The van der Waals surface area contributed by atoms with E-state index in [4.69, 9.17) is 18.9 Å². The van der Waals surface area contributed by atoms with E-state index < -0.39 is 77.8 Å². The Morgan fingerprint density at radius 1 is 1.18 bits per heavy atom. The zero-order chi connectivity index (χ0) is 28.0. The van der Waals surface area contributed by atoms with Gasteiger partial charge in [-0.3, -0.25) is 14.4 Å². The van der Waals surface area contributed by atoms with Crippen molar-refractivity contribution in [1.82, 2.24) is 10.3 Å². The van der Waals surface area contributed by atoms with Crippen LogP contribution in [0.2, 0.25) is 0 Å². The van der Waals surface area contributed by atoms with E-state index in [0.29, 0.717) is 5.56 Å². The molecule has 1 saturated heterocycles. The normalized spacial score (nSPS) is 21.8. The van der Waals surface area contributed by atoms with Crippen LogP contribution < -0.4 is 10.1 Å². The Bertz CT molecular complexity index is 1190. The smallest absolute Gasteiger partial charge is 0.332 e. The van der Waals surface area contributed by atoms with Gasteiger partial charge in [-0.15, -0.1) is 0 Å². The number of methoxy groups -OCH3 is 1. The van der Waals surface area contributed by atoms with E-state index in [2.05, 4.69) is 10.3 Å². The van der Waals surface area contributed by atoms with Crippen molar-refractivity contribution in [2.24, 2.45) is 11.8 Å². The number of hydrogen-bond acceptors (Lipinski definition) is 10. The summed E-state index contributed by atoms with van der Waals surface area (Å²) in [4.78, 5) is 55.2. The zero-order valence-electron chi connectivity index (χ0n) is 21.3. The van der Waals surface area contributed by atoms with Gasteiger partial charge in [0.25, 0.3) is 5.91 Å². The summed E-state index contributed by atoms with van der Waals surface area (Å²) < 4.78 is 34.8. The van der Waals surface area contributed by atoms with E-state index in [1.165, 1.54) is 50.6 Å². The number of ether oxygens (including phenoxy) is 4. The molecule has 0 radical (unpaired) electrons. The molecule has 12 heteroatoms. The van der Waals surface area contributed by atoms with Crippen LogP contribution in [0.25, 0.3) is 0 Å². The standard InChI is InChI=1S/C26H29FN2O9/c1-13(2)24(32)38-22-14(3)37-26(34)18(29-23(31)20-21(30)19(35-4)9-10-28-20)12-36-25(33)17(22)11-15-5-7-16(27)8-6-15/h5-10,13-14,17-18,22,30H,11-12H2,1-4H3,(H,29,31)/t14-,17+,18-,22-/m0/s1. The number of pyridine rings is 1. The molecule has 4 atom stereocenters. The fourth-order valence-corrected chi connectivity index (χ4v) is 3.75. The molecule has 1 aliphatic rings. The van der Waals surface area contributed by atoms with Crippen molar-refractivity contribution in [2.75, 3.05) is 13.7 Å². The fourth-order valence-electron chi connectivity index (χ4n) is 3.75. The second-order valence-electron chi connectivity index (χ2n) is 9.00. The summed E-state index contributed by atoms with van der Waals surface area (Å²) in [6.45, 7) is 4.05. The summed E-state index contributed by atoms with van der Waals surface area (Å²) >= 11 is 0. The maximum absolute atomic E-state index is 13.4. The maximum Gasteiger partial charge on any atom is 0.332 e. The summed E-state index contributed by atoms with van der Waals surface area (Å²) in [5, 5.41) is 12.6. The van der Waals surface area contributed by atoms with E-state index >= 15 is 0 Å². The first-order valence-corrected chi connectivity index (χ1v) is 11.9. The highest BCUT2D eigenvalue weighted by atomic mass is 19.1. The summed E-state index contributed by atoms with van der Waals surface area (Å²) in [5.41, 5.74) is 0.135. The lowest BCUT2D eigenvalue weighted by Crippen LogP contribution is -2.47. The van der Waals surface area contributed by atoms with Crippen molar-refractivity contribution in [3.8, 4) is 11.5 Å². The Labute approximate surface area is 218 Å². The second kappa shape index (κ2) is 12.3. The molecule has 0 spiro atoms. The highest BCUT2D eigenvalue weighted by Gasteiger charge is 2.42. The number of cyclic esters (lactones) is 2. The van der Waals surface area contributed by atoms with E-state index in [-0.39, 0.29) is 12.2 Å². The van der Waals surface area contributed by atoms with Gasteiger partial charge >= 0.3 is 17.9 Å². The second-order valence-corrected chi connectivity index (χ2v) is 9.00. The number of aromatic hydroxyl groups is 1. The molecule has 38 heavy (non-hydrogen) atoms. The maximum atomic E-state index is 13.4. The largest absolute Gasteiger partial charge is 0.503 e. The van der Waals surface area contributed by atoms with E-state index in [1.807, 2.05) is 0 Å². The van der Waals surface area contributed by atoms with Crippen LogP contribution >= 0.6 is 0 Å². The topological polar surface area (TPSA) is 150 Å². The minimum atomic E-state index is -1.47. The zero-order valence-corrected chi connectivity index (χ0v) is 21.3. The highest BCUT2D eigenvalue weighted by molar-refractivity contribution is 5.98. The van der Waals surface area contributed by atoms with Gasteiger partial charge in [-0.2, -0.15) is 0 Å². The number of carbonyl (C=O) groups is 4. The van der Waals surface area contributed by atoms with E-state index in [1.54, 1.807) is 13.8 Å². The summed E-state index contributed by atoms with van der Waals surface area (Å²) in [6, 6.07) is 5.27. The molecule has 0 bridgehead atoms. The molecular weight excluding hydrogens is 503 g/mol. The first-order chi connectivity index (χ1) is 18.0. The summed E-state index contributed by atoms with van der Waals surface area (Å²) in [7, 11) is 1.29. The number of nitrogens with zero attached hydrogens (tertiary/aromatic N) is 1. The first kappa shape index (κ1) is 28.4. The van der Waals surface area contributed by atoms with Gasteiger partial charge in [-0.25, -0.2) is 14.2 Å². The Kier molecular flexibility index (Phi) is 9.21. The molecule has 3 rings (SSSR count). The average molecular weight is 533 g/mol. The average Bonchev–Trinajstić information content (AvgIpc) is 2.91. The molecule has 2 heterocycles.